The van der Waals surface area contributed by atoms with Crippen molar-refractivity contribution < 1.29 is 26.0 Å². The molecule has 2 fully saturated rings. The van der Waals surface area contributed by atoms with Crippen LogP contribution in [0.1, 0.15) is 44.0 Å². The van der Waals surface area contributed by atoms with Gasteiger partial charge in [0.05, 0.1) is 5.69 Å². The van der Waals surface area contributed by atoms with Gasteiger partial charge < -0.3 is 0 Å². The number of aryl methyl sites for hydroxylation is 1. The third-order valence-corrected chi connectivity index (χ3v) is 7.77. The highest BCUT2D eigenvalue weighted by Gasteiger charge is 2.37. The van der Waals surface area contributed by atoms with Crippen LogP contribution in [0.25, 0.3) is 0 Å². The number of piperazine rings is 1. The molecule has 3 rings (SSSR count). The minimum atomic E-state index is -4.62. The number of halogens is 4. The van der Waals surface area contributed by atoms with Crippen LogP contribution in [0, 0.1) is 6.92 Å². The molecular formula is C18H25F4N3O2S. The SMILES string of the molecule is Cc1nc(C(F)(F)F)ccc1S(=O)(=O)N1CCN(C2CCC(C)(F)CC2)CC1. The zero-order chi connectivity index (χ0) is 20.7. The van der Waals surface area contributed by atoms with Crippen LogP contribution in [-0.2, 0) is 16.2 Å². The lowest BCUT2D eigenvalue weighted by atomic mass is 9.84. The number of rotatable bonds is 3. The van der Waals surface area contributed by atoms with Crippen molar-refractivity contribution in [2.45, 2.75) is 62.3 Å². The van der Waals surface area contributed by atoms with Crippen LogP contribution in [0.2, 0.25) is 0 Å². The summed E-state index contributed by atoms with van der Waals surface area (Å²) in [6.07, 6.45) is -2.10. The van der Waals surface area contributed by atoms with Crippen LogP contribution in [0.4, 0.5) is 17.6 Å². The summed E-state index contributed by atoms with van der Waals surface area (Å²) in [6, 6.07) is 1.94. The Labute approximate surface area is 162 Å². The van der Waals surface area contributed by atoms with E-state index in [0.29, 0.717) is 32.0 Å². The van der Waals surface area contributed by atoms with Gasteiger partial charge in [0, 0.05) is 32.2 Å². The van der Waals surface area contributed by atoms with E-state index in [9.17, 15) is 26.0 Å². The van der Waals surface area contributed by atoms with Crippen LogP contribution < -0.4 is 0 Å². The number of hydrogen-bond acceptors (Lipinski definition) is 4. The average Bonchev–Trinajstić information content (AvgIpc) is 2.61. The van der Waals surface area contributed by atoms with Gasteiger partial charge in [0.2, 0.25) is 10.0 Å². The Balaban J connectivity index is 1.67. The molecule has 1 aromatic rings. The van der Waals surface area contributed by atoms with Crippen LogP contribution >= 0.6 is 0 Å². The second kappa shape index (κ2) is 7.53. The summed E-state index contributed by atoms with van der Waals surface area (Å²) in [7, 11) is -3.91. The van der Waals surface area contributed by atoms with Crippen LogP contribution in [0.3, 0.4) is 0 Å². The highest BCUT2D eigenvalue weighted by Crippen LogP contribution is 2.34. The molecule has 1 aliphatic carbocycles. The van der Waals surface area contributed by atoms with Crippen molar-refractivity contribution >= 4 is 10.0 Å². The summed E-state index contributed by atoms with van der Waals surface area (Å²) >= 11 is 0. The molecule has 1 aliphatic heterocycles. The Bertz CT molecular complexity index is 809. The molecule has 1 saturated carbocycles. The topological polar surface area (TPSA) is 53.5 Å². The molecule has 1 aromatic heterocycles. The van der Waals surface area contributed by atoms with E-state index in [2.05, 4.69) is 9.88 Å². The lowest BCUT2D eigenvalue weighted by Gasteiger charge is -2.42. The molecule has 2 aliphatic rings. The monoisotopic (exact) mass is 423 g/mol. The molecule has 0 aromatic carbocycles. The van der Waals surface area contributed by atoms with Crippen molar-refractivity contribution in [2.24, 2.45) is 0 Å². The van der Waals surface area contributed by atoms with Crippen LogP contribution in [-0.4, -0.2) is 60.5 Å². The van der Waals surface area contributed by atoms with Crippen molar-refractivity contribution in [2.75, 3.05) is 26.2 Å². The summed E-state index contributed by atoms with van der Waals surface area (Å²) in [4.78, 5) is 5.43. The van der Waals surface area contributed by atoms with E-state index >= 15 is 0 Å². The van der Waals surface area contributed by atoms with Crippen LogP contribution in [0.15, 0.2) is 17.0 Å². The molecule has 0 bridgehead atoms. The van der Waals surface area contributed by atoms with Crippen molar-refractivity contribution in [1.29, 1.82) is 0 Å². The summed E-state index contributed by atoms with van der Waals surface area (Å²) in [6.45, 7) is 4.46. The van der Waals surface area contributed by atoms with E-state index in [1.807, 2.05) is 0 Å². The molecule has 28 heavy (non-hydrogen) atoms. The molecular weight excluding hydrogens is 398 g/mol. The molecule has 158 valence electrons. The lowest BCUT2D eigenvalue weighted by molar-refractivity contribution is -0.141. The van der Waals surface area contributed by atoms with Crippen molar-refractivity contribution in [3.05, 3.63) is 23.5 Å². The molecule has 0 amide bonds. The van der Waals surface area contributed by atoms with E-state index in [-0.39, 0.29) is 29.7 Å². The number of sulfonamides is 1. The predicted octanol–water partition coefficient (Wildman–Crippen LogP) is 3.39. The van der Waals surface area contributed by atoms with Gasteiger partial charge in [-0.1, -0.05) is 0 Å². The standard InChI is InChI=1S/C18H25F4N3O2S/c1-13-15(3-4-16(23-13)18(20,21)22)28(26,27)25-11-9-24(10-12-25)14-5-7-17(2,19)8-6-14/h3-4,14H,5-12H2,1-2H3. The van der Waals surface area contributed by atoms with Gasteiger partial charge in [0.15, 0.2) is 0 Å². The zero-order valence-corrected chi connectivity index (χ0v) is 16.8. The summed E-state index contributed by atoms with van der Waals surface area (Å²) in [5.41, 5.74) is -2.38. The molecule has 10 heteroatoms. The van der Waals surface area contributed by atoms with E-state index in [1.54, 1.807) is 6.92 Å². The molecule has 1 saturated heterocycles. The van der Waals surface area contributed by atoms with Gasteiger partial charge in [-0.2, -0.15) is 17.5 Å². The predicted molar refractivity (Wildman–Crippen MR) is 96.1 cm³/mol. The first kappa shape index (κ1) is 21.4. The number of hydrogen-bond donors (Lipinski definition) is 0. The highest BCUT2D eigenvalue weighted by molar-refractivity contribution is 7.89. The smallest absolute Gasteiger partial charge is 0.298 e. The van der Waals surface area contributed by atoms with E-state index in [0.717, 1.165) is 18.9 Å². The van der Waals surface area contributed by atoms with Crippen molar-refractivity contribution in [3.8, 4) is 0 Å². The first-order valence-corrected chi connectivity index (χ1v) is 10.8. The first-order valence-electron chi connectivity index (χ1n) is 9.38. The Kier molecular flexibility index (Phi) is 5.77. The van der Waals surface area contributed by atoms with Crippen molar-refractivity contribution in [3.63, 3.8) is 0 Å². The lowest BCUT2D eigenvalue weighted by Crippen LogP contribution is -2.53. The molecule has 0 radical (unpaired) electrons. The molecule has 0 atom stereocenters. The number of alkyl halides is 4. The van der Waals surface area contributed by atoms with Crippen molar-refractivity contribution in [1.82, 2.24) is 14.2 Å². The molecule has 0 N–H and O–H groups in total. The Morgan fingerprint density at radius 1 is 1.11 bits per heavy atom. The minimum absolute atomic E-state index is 0.160. The maximum Gasteiger partial charge on any atom is 0.433 e. The average molecular weight is 423 g/mol. The van der Waals surface area contributed by atoms with Gasteiger partial charge in [0.1, 0.15) is 16.3 Å². The maximum absolute atomic E-state index is 14.0. The third kappa shape index (κ3) is 4.49. The van der Waals surface area contributed by atoms with Gasteiger partial charge in [-0.05, 0) is 51.7 Å². The molecule has 0 unspecified atom stereocenters. The van der Waals surface area contributed by atoms with Gasteiger partial charge in [-0.3, -0.25) is 4.90 Å². The summed E-state index contributed by atoms with van der Waals surface area (Å²) in [5.74, 6) is 0. The fraction of sp³-hybridized carbons (Fsp3) is 0.722. The fourth-order valence-electron chi connectivity index (χ4n) is 4.00. The minimum Gasteiger partial charge on any atom is -0.298 e. The molecule has 0 spiro atoms. The number of aromatic nitrogens is 1. The summed E-state index contributed by atoms with van der Waals surface area (Å²) in [5, 5.41) is 0. The number of pyridine rings is 1. The van der Waals surface area contributed by atoms with Gasteiger partial charge in [-0.15, -0.1) is 0 Å². The second-order valence-corrected chi connectivity index (χ2v) is 9.77. The Morgan fingerprint density at radius 3 is 2.18 bits per heavy atom. The van der Waals surface area contributed by atoms with Gasteiger partial charge in [-0.25, -0.2) is 17.8 Å². The third-order valence-electron chi connectivity index (χ3n) is 5.73. The van der Waals surface area contributed by atoms with Gasteiger partial charge >= 0.3 is 6.18 Å². The maximum atomic E-state index is 14.0. The Hall–Kier alpha value is -1.26. The van der Waals surface area contributed by atoms with E-state index < -0.39 is 27.6 Å². The van der Waals surface area contributed by atoms with Crippen LogP contribution in [0.5, 0.6) is 0 Å². The first-order chi connectivity index (χ1) is 12.9. The highest BCUT2D eigenvalue weighted by atomic mass is 32.2. The normalized spacial score (nSPS) is 28.4. The number of nitrogens with zero attached hydrogens (tertiary/aromatic N) is 3. The van der Waals surface area contributed by atoms with Gasteiger partial charge in [0.25, 0.3) is 0 Å². The quantitative estimate of drug-likeness (QED) is 0.700. The largest absolute Gasteiger partial charge is 0.433 e. The zero-order valence-electron chi connectivity index (χ0n) is 16.0. The Morgan fingerprint density at radius 2 is 1.68 bits per heavy atom. The molecule has 2 heterocycles. The second-order valence-electron chi connectivity index (χ2n) is 7.86. The van der Waals surface area contributed by atoms with E-state index in [1.165, 1.54) is 11.2 Å². The molecule has 5 nitrogen and oxygen atoms in total. The van der Waals surface area contributed by atoms with E-state index in [4.69, 9.17) is 0 Å². The summed E-state index contributed by atoms with van der Waals surface area (Å²) < 4.78 is 79.3. The fourth-order valence-corrected chi connectivity index (χ4v) is 5.58.